The number of fused-ring (bicyclic) bond motifs is 1. The van der Waals surface area contributed by atoms with Gasteiger partial charge in [0, 0.05) is 0 Å². The number of hydrogen-bond donors (Lipinski definition) is 3. The molecular formula is C11H12N2O3. The highest BCUT2D eigenvalue weighted by molar-refractivity contribution is 6.14. The van der Waals surface area contributed by atoms with Crippen LogP contribution < -0.4 is 10.6 Å². The third kappa shape index (κ3) is 1.60. The maximum absolute atomic E-state index is 11.4. The average molecular weight is 220 g/mol. The van der Waals surface area contributed by atoms with Gasteiger partial charge in [-0.3, -0.25) is 4.79 Å². The number of carboxylic acids is 1. The van der Waals surface area contributed by atoms with Gasteiger partial charge in [-0.05, 0) is 37.1 Å². The SMILES string of the molecule is Cc1cc2c(cc1C)NC(C(=O)O)C(=O)N2. The first-order valence-electron chi connectivity index (χ1n) is 4.90. The van der Waals surface area contributed by atoms with Crippen molar-refractivity contribution in [2.75, 3.05) is 10.6 Å². The third-order valence-corrected chi connectivity index (χ3v) is 2.70. The molecule has 1 aliphatic rings. The number of rotatable bonds is 1. The lowest BCUT2D eigenvalue weighted by molar-refractivity contribution is -0.140. The molecule has 3 N–H and O–H groups in total. The van der Waals surface area contributed by atoms with Crippen LogP contribution in [0.1, 0.15) is 11.1 Å². The highest BCUT2D eigenvalue weighted by atomic mass is 16.4. The van der Waals surface area contributed by atoms with Gasteiger partial charge < -0.3 is 15.7 Å². The molecule has 16 heavy (non-hydrogen) atoms. The molecule has 2 rings (SSSR count). The van der Waals surface area contributed by atoms with Crippen LogP contribution in [0, 0.1) is 13.8 Å². The topological polar surface area (TPSA) is 78.4 Å². The predicted octanol–water partition coefficient (Wildman–Crippen LogP) is 1.12. The zero-order chi connectivity index (χ0) is 11.9. The molecule has 1 aromatic carbocycles. The van der Waals surface area contributed by atoms with E-state index in [9.17, 15) is 9.59 Å². The van der Waals surface area contributed by atoms with Crippen molar-refractivity contribution in [2.45, 2.75) is 19.9 Å². The molecule has 0 fully saturated rings. The zero-order valence-corrected chi connectivity index (χ0v) is 9.00. The average Bonchev–Trinajstić information content (AvgIpc) is 2.19. The number of benzene rings is 1. The lowest BCUT2D eigenvalue weighted by Gasteiger charge is -2.25. The Morgan fingerprint density at radius 2 is 1.81 bits per heavy atom. The van der Waals surface area contributed by atoms with Crippen molar-refractivity contribution in [3.8, 4) is 0 Å². The van der Waals surface area contributed by atoms with Gasteiger partial charge in [-0.25, -0.2) is 4.79 Å². The monoisotopic (exact) mass is 220 g/mol. The third-order valence-electron chi connectivity index (χ3n) is 2.70. The van der Waals surface area contributed by atoms with Gasteiger partial charge in [-0.15, -0.1) is 0 Å². The van der Waals surface area contributed by atoms with E-state index in [1.165, 1.54) is 0 Å². The maximum Gasteiger partial charge on any atom is 0.336 e. The minimum atomic E-state index is -1.21. The molecule has 5 heteroatoms. The highest BCUT2D eigenvalue weighted by Gasteiger charge is 2.31. The second-order valence-electron chi connectivity index (χ2n) is 3.89. The Balaban J connectivity index is 2.43. The van der Waals surface area contributed by atoms with Gasteiger partial charge in [0.2, 0.25) is 6.04 Å². The van der Waals surface area contributed by atoms with Crippen molar-refractivity contribution < 1.29 is 14.7 Å². The maximum atomic E-state index is 11.4. The Labute approximate surface area is 92.5 Å². The second kappa shape index (κ2) is 3.52. The molecule has 1 aliphatic heterocycles. The van der Waals surface area contributed by atoms with E-state index in [-0.39, 0.29) is 0 Å². The summed E-state index contributed by atoms with van der Waals surface area (Å²) in [4.78, 5) is 22.2. The van der Waals surface area contributed by atoms with E-state index in [0.717, 1.165) is 11.1 Å². The van der Waals surface area contributed by atoms with E-state index in [1.54, 1.807) is 0 Å². The van der Waals surface area contributed by atoms with E-state index >= 15 is 0 Å². The van der Waals surface area contributed by atoms with Gasteiger partial charge in [0.25, 0.3) is 5.91 Å². The first-order chi connectivity index (χ1) is 7.49. The normalized spacial score (nSPS) is 18.4. The van der Waals surface area contributed by atoms with Crippen LogP contribution in [0.3, 0.4) is 0 Å². The summed E-state index contributed by atoms with van der Waals surface area (Å²) in [7, 11) is 0. The van der Waals surface area contributed by atoms with E-state index in [1.807, 2.05) is 26.0 Å². The van der Waals surface area contributed by atoms with Crippen LogP contribution in [-0.2, 0) is 9.59 Å². The van der Waals surface area contributed by atoms with Crippen molar-refractivity contribution in [3.05, 3.63) is 23.3 Å². The lowest BCUT2D eigenvalue weighted by atomic mass is 10.0. The summed E-state index contributed by atoms with van der Waals surface area (Å²) in [5, 5.41) is 14.1. The van der Waals surface area contributed by atoms with Crippen LogP contribution in [0.25, 0.3) is 0 Å². The molecule has 0 radical (unpaired) electrons. The first kappa shape index (κ1) is 10.5. The molecule has 1 heterocycles. The molecular weight excluding hydrogens is 208 g/mol. The molecule has 0 saturated heterocycles. The van der Waals surface area contributed by atoms with Crippen LogP contribution in [0.15, 0.2) is 12.1 Å². The van der Waals surface area contributed by atoms with Crippen LogP contribution in [0.5, 0.6) is 0 Å². The predicted molar refractivity (Wildman–Crippen MR) is 59.6 cm³/mol. The summed E-state index contributed by atoms with van der Waals surface area (Å²) in [6.45, 7) is 3.87. The number of carboxylic acid groups (broad SMARTS) is 1. The quantitative estimate of drug-likeness (QED) is 0.620. The molecule has 1 amide bonds. The Kier molecular flexibility index (Phi) is 2.30. The number of amides is 1. The lowest BCUT2D eigenvalue weighted by Crippen LogP contribution is -2.44. The molecule has 0 aliphatic carbocycles. The highest BCUT2D eigenvalue weighted by Crippen LogP contribution is 2.29. The number of aryl methyl sites for hydroxylation is 2. The molecule has 0 spiro atoms. The van der Waals surface area contributed by atoms with Gasteiger partial charge in [-0.1, -0.05) is 0 Å². The molecule has 0 aromatic heterocycles. The summed E-state index contributed by atoms with van der Waals surface area (Å²) in [5.41, 5.74) is 3.38. The standard InChI is InChI=1S/C11H12N2O3/c1-5-3-7-8(4-6(5)2)13-10(14)9(12-7)11(15)16/h3-4,9,12H,1-2H3,(H,13,14)(H,15,16). The summed E-state index contributed by atoms with van der Waals surface area (Å²) in [6.07, 6.45) is 0. The van der Waals surface area contributed by atoms with Crippen molar-refractivity contribution in [2.24, 2.45) is 0 Å². The van der Waals surface area contributed by atoms with Gasteiger partial charge in [0.05, 0.1) is 11.4 Å². The molecule has 84 valence electrons. The van der Waals surface area contributed by atoms with E-state index in [2.05, 4.69) is 10.6 Å². The fourth-order valence-electron chi connectivity index (χ4n) is 1.64. The zero-order valence-electron chi connectivity index (χ0n) is 9.00. The van der Waals surface area contributed by atoms with Gasteiger partial charge in [0.1, 0.15) is 0 Å². The molecule has 0 bridgehead atoms. The van der Waals surface area contributed by atoms with Gasteiger partial charge in [0.15, 0.2) is 0 Å². The number of aliphatic carboxylic acids is 1. The Morgan fingerprint density at radius 3 is 2.38 bits per heavy atom. The van der Waals surface area contributed by atoms with E-state index in [0.29, 0.717) is 11.4 Å². The second-order valence-corrected chi connectivity index (χ2v) is 3.89. The van der Waals surface area contributed by atoms with Crippen molar-refractivity contribution in [3.63, 3.8) is 0 Å². The number of carbonyl (C=O) groups excluding carboxylic acids is 1. The summed E-state index contributed by atoms with van der Waals surface area (Å²) >= 11 is 0. The number of nitrogens with one attached hydrogen (secondary N) is 2. The molecule has 1 aromatic rings. The molecule has 1 unspecified atom stereocenters. The van der Waals surface area contributed by atoms with Crippen molar-refractivity contribution in [1.82, 2.24) is 0 Å². The molecule has 5 nitrogen and oxygen atoms in total. The molecule has 1 atom stereocenters. The van der Waals surface area contributed by atoms with Crippen LogP contribution in [0.2, 0.25) is 0 Å². The van der Waals surface area contributed by atoms with Crippen molar-refractivity contribution in [1.29, 1.82) is 0 Å². The fourth-order valence-corrected chi connectivity index (χ4v) is 1.64. The van der Waals surface area contributed by atoms with Crippen LogP contribution >= 0.6 is 0 Å². The summed E-state index contributed by atoms with van der Waals surface area (Å²) in [6, 6.07) is 2.45. The summed E-state index contributed by atoms with van der Waals surface area (Å²) in [5.74, 6) is -1.72. The molecule has 0 saturated carbocycles. The minimum absolute atomic E-state index is 0.539. The smallest absolute Gasteiger partial charge is 0.336 e. The number of hydrogen-bond acceptors (Lipinski definition) is 3. The number of carbonyl (C=O) groups is 2. The Morgan fingerprint density at radius 1 is 1.25 bits per heavy atom. The van der Waals surface area contributed by atoms with Crippen molar-refractivity contribution >= 4 is 23.3 Å². The minimum Gasteiger partial charge on any atom is -0.479 e. The van der Waals surface area contributed by atoms with E-state index in [4.69, 9.17) is 5.11 Å². The van der Waals surface area contributed by atoms with Crippen LogP contribution in [0.4, 0.5) is 11.4 Å². The Hall–Kier alpha value is -2.04. The van der Waals surface area contributed by atoms with Gasteiger partial charge >= 0.3 is 5.97 Å². The van der Waals surface area contributed by atoms with Crippen LogP contribution in [-0.4, -0.2) is 23.0 Å². The first-order valence-corrected chi connectivity index (χ1v) is 4.90. The largest absolute Gasteiger partial charge is 0.479 e. The summed E-state index contributed by atoms with van der Waals surface area (Å²) < 4.78 is 0. The van der Waals surface area contributed by atoms with E-state index < -0.39 is 17.9 Å². The van der Waals surface area contributed by atoms with Gasteiger partial charge in [-0.2, -0.15) is 0 Å². The Bertz CT molecular complexity index is 482. The fraction of sp³-hybridized carbons (Fsp3) is 0.273. The number of anilines is 2.